The molecular weight excluding hydrogens is 401 g/mol. The Hall–Kier alpha value is -3.04. The number of nitrogens with zero attached hydrogens (tertiary/aromatic N) is 1. The van der Waals surface area contributed by atoms with Crippen molar-refractivity contribution in [1.82, 2.24) is 4.98 Å². The summed E-state index contributed by atoms with van der Waals surface area (Å²) in [5, 5.41) is 1.47. The highest BCUT2D eigenvalue weighted by Crippen LogP contribution is 2.44. The molecule has 2 aromatic heterocycles. The number of benzene rings is 3. The van der Waals surface area contributed by atoms with Gasteiger partial charge in [0.15, 0.2) is 0 Å². The van der Waals surface area contributed by atoms with Crippen LogP contribution in [0.25, 0.3) is 42.6 Å². The maximum atomic E-state index is 13.6. The molecule has 154 valence electrons. The van der Waals surface area contributed by atoms with Crippen LogP contribution < -0.4 is 0 Å². The van der Waals surface area contributed by atoms with Crippen molar-refractivity contribution in [2.75, 3.05) is 0 Å². The Morgan fingerprint density at radius 3 is 2.61 bits per heavy atom. The van der Waals surface area contributed by atoms with Crippen LogP contribution in [0.2, 0.25) is 0 Å². The first-order chi connectivity index (χ1) is 17.0. The number of pyridine rings is 1. The highest BCUT2D eigenvalue weighted by Gasteiger charge is 2.16. The van der Waals surface area contributed by atoms with Crippen molar-refractivity contribution >= 4 is 31.5 Å². The highest BCUT2D eigenvalue weighted by molar-refractivity contribution is 7.26. The van der Waals surface area contributed by atoms with Crippen LogP contribution in [0.5, 0.6) is 0 Å². The van der Waals surface area contributed by atoms with Crippen molar-refractivity contribution in [2.45, 2.75) is 27.1 Å². The van der Waals surface area contributed by atoms with Gasteiger partial charge < -0.3 is 0 Å². The SMILES string of the molecule is [2H]C([2H])([2H])c1ccc(-c2cc(C([2H])([2H])C(C)C)ccn2)c2sc3c(-c4ccc(F)cc4)cccc3c12. The van der Waals surface area contributed by atoms with E-state index in [9.17, 15) is 4.39 Å². The molecule has 31 heavy (non-hydrogen) atoms. The molecule has 0 saturated carbocycles. The molecule has 0 amide bonds. The van der Waals surface area contributed by atoms with Crippen LogP contribution >= 0.6 is 11.3 Å². The van der Waals surface area contributed by atoms with Gasteiger partial charge in [-0.3, -0.25) is 4.98 Å². The summed E-state index contributed by atoms with van der Waals surface area (Å²) >= 11 is 1.48. The quantitative estimate of drug-likeness (QED) is 0.279. The van der Waals surface area contributed by atoms with E-state index in [1.807, 2.05) is 32.0 Å². The van der Waals surface area contributed by atoms with Gasteiger partial charge in [0, 0.05) is 38.8 Å². The first-order valence-corrected chi connectivity index (χ1v) is 11.0. The van der Waals surface area contributed by atoms with E-state index in [-0.39, 0.29) is 17.3 Å². The molecule has 0 atom stereocenters. The third-order valence-electron chi connectivity index (χ3n) is 5.29. The Kier molecular flexibility index (Phi) is 3.79. The zero-order valence-corrected chi connectivity index (χ0v) is 18.1. The Labute approximate surface area is 193 Å². The second kappa shape index (κ2) is 7.90. The molecule has 0 spiro atoms. The first kappa shape index (κ1) is 14.9. The van der Waals surface area contributed by atoms with E-state index >= 15 is 0 Å². The van der Waals surface area contributed by atoms with Crippen LogP contribution in [-0.4, -0.2) is 4.98 Å². The van der Waals surface area contributed by atoms with Crippen LogP contribution in [0, 0.1) is 18.6 Å². The van der Waals surface area contributed by atoms with Crippen molar-refractivity contribution in [1.29, 1.82) is 0 Å². The fourth-order valence-corrected chi connectivity index (χ4v) is 5.35. The van der Waals surface area contributed by atoms with Gasteiger partial charge in [0.05, 0.1) is 5.69 Å². The number of fused-ring (bicyclic) bond motifs is 3. The fraction of sp³-hybridized carbons (Fsp3) is 0.179. The molecule has 0 aliphatic carbocycles. The molecule has 3 aromatic carbocycles. The molecular formula is C28H24FNS. The number of hydrogen-bond donors (Lipinski definition) is 0. The lowest BCUT2D eigenvalue weighted by Gasteiger charge is -2.09. The van der Waals surface area contributed by atoms with Gasteiger partial charge in [0.2, 0.25) is 0 Å². The first-order valence-electron chi connectivity index (χ1n) is 12.7. The monoisotopic (exact) mass is 430 g/mol. The van der Waals surface area contributed by atoms with Crippen LogP contribution in [0.4, 0.5) is 4.39 Å². The second-order valence-corrected chi connectivity index (χ2v) is 8.91. The molecule has 0 aliphatic rings. The van der Waals surface area contributed by atoms with Gasteiger partial charge in [-0.15, -0.1) is 11.3 Å². The Morgan fingerprint density at radius 1 is 1.00 bits per heavy atom. The molecule has 0 N–H and O–H groups in total. The molecule has 3 heteroatoms. The predicted octanol–water partition coefficient (Wildman–Crippen LogP) is 8.43. The number of rotatable bonds is 4. The summed E-state index contributed by atoms with van der Waals surface area (Å²) in [5.74, 6) is -0.547. The lowest BCUT2D eigenvalue weighted by atomic mass is 9.98. The molecule has 0 unspecified atom stereocenters. The zero-order valence-electron chi connectivity index (χ0n) is 22.2. The minimum atomic E-state index is -2.32. The topological polar surface area (TPSA) is 12.9 Å². The summed E-state index contributed by atoms with van der Waals surface area (Å²) in [4.78, 5) is 4.54. The van der Waals surface area contributed by atoms with Crippen LogP contribution in [0.1, 0.15) is 31.8 Å². The number of aromatic nitrogens is 1. The van der Waals surface area contributed by atoms with Gasteiger partial charge >= 0.3 is 0 Å². The van der Waals surface area contributed by atoms with Crippen LogP contribution in [0.15, 0.2) is 72.9 Å². The van der Waals surface area contributed by atoms with Crippen LogP contribution in [-0.2, 0) is 6.37 Å². The molecule has 2 heterocycles. The molecule has 0 aliphatic heterocycles. The number of halogens is 1. The van der Waals surface area contributed by atoms with Gasteiger partial charge in [0.1, 0.15) is 5.82 Å². The van der Waals surface area contributed by atoms with Gasteiger partial charge in [-0.2, -0.15) is 0 Å². The number of aryl methyl sites for hydroxylation is 1. The third-order valence-corrected chi connectivity index (χ3v) is 6.56. The molecule has 0 fully saturated rings. The Bertz CT molecular complexity index is 1590. The van der Waals surface area contributed by atoms with E-state index in [1.165, 1.54) is 23.5 Å². The van der Waals surface area contributed by atoms with Gasteiger partial charge in [-0.05, 0) is 65.7 Å². The van der Waals surface area contributed by atoms with Crippen molar-refractivity contribution in [3.8, 4) is 22.4 Å². The van der Waals surface area contributed by atoms with E-state index in [2.05, 4.69) is 4.98 Å². The van der Waals surface area contributed by atoms with Crippen molar-refractivity contribution in [3.05, 3.63) is 89.9 Å². The second-order valence-electron chi connectivity index (χ2n) is 7.88. The van der Waals surface area contributed by atoms with E-state index in [0.29, 0.717) is 16.6 Å². The molecule has 0 saturated heterocycles. The lowest BCUT2D eigenvalue weighted by molar-refractivity contribution is 0.628. The highest BCUT2D eigenvalue weighted by atomic mass is 32.1. The summed E-state index contributed by atoms with van der Waals surface area (Å²) < 4.78 is 56.9. The normalized spacial score (nSPS) is 14.9. The summed E-state index contributed by atoms with van der Waals surface area (Å²) in [6.07, 6.45) is 0.0665. The largest absolute Gasteiger partial charge is 0.256 e. The minimum Gasteiger partial charge on any atom is -0.256 e. The Balaban J connectivity index is 1.83. The lowest BCUT2D eigenvalue weighted by Crippen LogP contribution is -1.95. The summed E-state index contributed by atoms with van der Waals surface area (Å²) in [7, 11) is 0. The Morgan fingerprint density at radius 2 is 1.84 bits per heavy atom. The van der Waals surface area contributed by atoms with E-state index in [0.717, 1.165) is 31.5 Å². The average Bonchev–Trinajstić information content (AvgIpc) is 3.23. The summed E-state index contributed by atoms with van der Waals surface area (Å²) in [5.41, 5.74) is 3.88. The predicted molar refractivity (Wildman–Crippen MR) is 131 cm³/mol. The van der Waals surface area contributed by atoms with Crippen molar-refractivity contribution in [2.24, 2.45) is 5.92 Å². The maximum absolute atomic E-state index is 13.6. The maximum Gasteiger partial charge on any atom is 0.123 e. The number of thiophene rings is 1. The van der Waals surface area contributed by atoms with Crippen LogP contribution in [0.3, 0.4) is 0 Å². The smallest absolute Gasteiger partial charge is 0.123 e. The minimum absolute atomic E-state index is 0.228. The van der Waals surface area contributed by atoms with Gasteiger partial charge in [-0.1, -0.05) is 56.3 Å². The van der Waals surface area contributed by atoms with E-state index in [4.69, 9.17) is 6.85 Å². The van der Waals surface area contributed by atoms with Crippen molar-refractivity contribution in [3.63, 3.8) is 0 Å². The molecule has 0 bridgehead atoms. The molecule has 1 nitrogen and oxygen atoms in total. The van der Waals surface area contributed by atoms with Gasteiger partial charge in [-0.25, -0.2) is 4.39 Å². The third kappa shape index (κ3) is 3.64. The fourth-order valence-electron chi connectivity index (χ4n) is 3.96. The molecule has 5 rings (SSSR count). The van der Waals surface area contributed by atoms with E-state index in [1.54, 1.807) is 42.6 Å². The standard InChI is InChI=1S/C28H24FNS/c1-17(2)15-19-13-14-30-25(16-19)23-12-7-18(3)26-24-6-4-5-22(27(24)31-28(23)26)20-8-10-21(29)11-9-20/h4-14,16-17H,15H2,1-3H3/i3D3,15D2. The average molecular weight is 431 g/mol. The molecule has 5 aromatic rings. The zero-order chi connectivity index (χ0) is 25.8. The van der Waals surface area contributed by atoms with Gasteiger partial charge in [0.25, 0.3) is 0 Å². The molecule has 0 radical (unpaired) electrons. The van der Waals surface area contributed by atoms with Crippen molar-refractivity contribution < 1.29 is 11.2 Å². The summed E-state index contributed by atoms with van der Waals surface area (Å²) in [6, 6.07) is 18.9. The summed E-state index contributed by atoms with van der Waals surface area (Å²) in [6.45, 7) is 1.36. The van der Waals surface area contributed by atoms with E-state index < -0.39 is 13.2 Å². The number of hydrogen-bond acceptors (Lipinski definition) is 2.